The fourth-order valence-electron chi connectivity index (χ4n) is 2.00. The number of amides is 1. The number of rotatable bonds is 5. The van der Waals surface area contributed by atoms with Crippen molar-refractivity contribution in [1.82, 2.24) is 0 Å². The third-order valence-electron chi connectivity index (χ3n) is 3.16. The van der Waals surface area contributed by atoms with Crippen molar-refractivity contribution in [2.24, 2.45) is 0 Å². The first kappa shape index (κ1) is 18.7. The summed E-state index contributed by atoms with van der Waals surface area (Å²) in [6.07, 6.45) is 1.38. The maximum absolute atomic E-state index is 12.3. The molecule has 0 atom stereocenters. The molecule has 128 valence electrons. The molecule has 2 N–H and O–H groups in total. The number of hydrogen-bond acceptors (Lipinski definition) is 4. The maximum Gasteiger partial charge on any atom is 0.266 e. The second kappa shape index (κ2) is 8.43. The minimum absolute atomic E-state index is 0.0207. The zero-order valence-electron chi connectivity index (χ0n) is 13.2. The normalized spacial score (nSPS) is 10.9. The van der Waals surface area contributed by atoms with Crippen molar-refractivity contribution in [3.63, 3.8) is 0 Å². The summed E-state index contributed by atoms with van der Waals surface area (Å²) < 4.78 is 5.28. The van der Waals surface area contributed by atoms with E-state index in [1.807, 2.05) is 6.07 Å². The van der Waals surface area contributed by atoms with E-state index in [-0.39, 0.29) is 22.1 Å². The molecule has 2 aromatic carbocycles. The number of nitrogens with one attached hydrogen (secondary N) is 1. The Hall–Kier alpha value is -2.68. The largest absolute Gasteiger partial charge is 0.504 e. The van der Waals surface area contributed by atoms with Crippen LogP contribution in [0.1, 0.15) is 12.5 Å². The number of anilines is 1. The molecule has 0 aliphatic rings. The van der Waals surface area contributed by atoms with Gasteiger partial charge in [-0.3, -0.25) is 4.79 Å². The number of carbonyl (C=O) groups excluding carboxylic acids is 1. The van der Waals surface area contributed by atoms with Crippen molar-refractivity contribution in [3.8, 4) is 17.6 Å². The molecule has 0 bridgehead atoms. The smallest absolute Gasteiger partial charge is 0.266 e. The van der Waals surface area contributed by atoms with Crippen LogP contribution in [0.15, 0.2) is 42.0 Å². The molecule has 0 saturated heterocycles. The van der Waals surface area contributed by atoms with Gasteiger partial charge >= 0.3 is 0 Å². The Bertz CT molecular complexity index is 873. The van der Waals surface area contributed by atoms with Crippen molar-refractivity contribution in [2.45, 2.75) is 6.92 Å². The van der Waals surface area contributed by atoms with Gasteiger partial charge in [0.2, 0.25) is 0 Å². The number of phenolic OH excluding ortho intramolecular Hbond substituents is 1. The highest BCUT2D eigenvalue weighted by atomic mass is 35.5. The summed E-state index contributed by atoms with van der Waals surface area (Å²) in [5.74, 6) is -0.378. The highest BCUT2D eigenvalue weighted by Crippen LogP contribution is 2.30. The van der Waals surface area contributed by atoms with E-state index in [4.69, 9.17) is 27.9 Å². The molecule has 0 aliphatic heterocycles. The Labute approximate surface area is 155 Å². The van der Waals surface area contributed by atoms with Crippen LogP contribution in [0.2, 0.25) is 10.0 Å². The van der Waals surface area contributed by atoms with Crippen LogP contribution >= 0.6 is 23.2 Å². The lowest BCUT2D eigenvalue weighted by Gasteiger charge is -2.08. The van der Waals surface area contributed by atoms with Gasteiger partial charge < -0.3 is 15.2 Å². The summed E-state index contributed by atoms with van der Waals surface area (Å²) in [5.41, 5.74) is 0.704. The van der Waals surface area contributed by atoms with Crippen molar-refractivity contribution in [1.29, 1.82) is 5.26 Å². The van der Waals surface area contributed by atoms with E-state index >= 15 is 0 Å². The minimum atomic E-state index is -0.627. The number of phenols is 1. The highest BCUT2D eigenvalue weighted by Gasteiger charge is 2.13. The molecule has 7 heteroatoms. The van der Waals surface area contributed by atoms with Crippen molar-refractivity contribution < 1.29 is 14.6 Å². The number of hydrogen-bond donors (Lipinski definition) is 2. The Morgan fingerprint density at radius 3 is 2.80 bits per heavy atom. The quantitative estimate of drug-likeness (QED) is 0.587. The standard InChI is InChI=1S/C18H14Cl2N2O3/c1-2-25-16-9-11(6-7-15(16)23)8-12(10-21)18(24)22-14-5-3-4-13(19)17(14)20/h3-9,23H,2H2,1H3,(H,22,24)/b12-8-. The van der Waals surface area contributed by atoms with Gasteiger partial charge in [0.25, 0.3) is 5.91 Å². The van der Waals surface area contributed by atoms with E-state index in [0.717, 1.165) is 0 Å². The van der Waals surface area contributed by atoms with Gasteiger partial charge in [0.05, 0.1) is 22.3 Å². The van der Waals surface area contributed by atoms with Crippen LogP contribution in [0, 0.1) is 11.3 Å². The number of benzene rings is 2. The number of carbonyl (C=O) groups is 1. The van der Waals surface area contributed by atoms with E-state index in [1.165, 1.54) is 18.2 Å². The lowest BCUT2D eigenvalue weighted by atomic mass is 10.1. The summed E-state index contributed by atoms with van der Waals surface area (Å²) in [7, 11) is 0. The SMILES string of the molecule is CCOc1cc(/C=C(/C#N)C(=O)Nc2cccc(Cl)c2Cl)ccc1O. The summed E-state index contributed by atoms with van der Waals surface area (Å²) >= 11 is 11.9. The second-order valence-corrected chi connectivity index (χ2v) is 5.67. The monoisotopic (exact) mass is 376 g/mol. The average Bonchev–Trinajstić information content (AvgIpc) is 2.59. The molecule has 0 fully saturated rings. The maximum atomic E-state index is 12.3. The van der Waals surface area contributed by atoms with Crippen LogP contribution in [0.5, 0.6) is 11.5 Å². The van der Waals surface area contributed by atoms with Gasteiger partial charge in [-0.1, -0.05) is 35.3 Å². The predicted octanol–water partition coefficient (Wildman–Crippen LogP) is 4.64. The van der Waals surface area contributed by atoms with Gasteiger partial charge in [0, 0.05) is 0 Å². The molecular formula is C18H14Cl2N2O3. The predicted molar refractivity (Wildman–Crippen MR) is 98.0 cm³/mol. The van der Waals surface area contributed by atoms with Crippen molar-refractivity contribution in [2.75, 3.05) is 11.9 Å². The molecule has 0 aromatic heterocycles. The van der Waals surface area contributed by atoms with Gasteiger partial charge in [-0.25, -0.2) is 0 Å². The zero-order valence-corrected chi connectivity index (χ0v) is 14.7. The lowest BCUT2D eigenvalue weighted by Crippen LogP contribution is -2.13. The average molecular weight is 377 g/mol. The van der Waals surface area contributed by atoms with Crippen molar-refractivity contribution >= 4 is 40.9 Å². The van der Waals surface area contributed by atoms with Gasteiger partial charge in [-0.15, -0.1) is 0 Å². The number of ether oxygens (including phenoxy) is 1. The van der Waals surface area contributed by atoms with E-state index in [0.29, 0.717) is 22.9 Å². The Morgan fingerprint density at radius 1 is 1.36 bits per heavy atom. The van der Waals surface area contributed by atoms with Crippen LogP contribution in [0.4, 0.5) is 5.69 Å². The molecule has 0 aliphatic carbocycles. The van der Waals surface area contributed by atoms with Gasteiger partial charge in [-0.05, 0) is 42.8 Å². The summed E-state index contributed by atoms with van der Waals surface area (Å²) in [6.45, 7) is 2.16. The van der Waals surface area contributed by atoms with Crippen LogP contribution in [-0.2, 0) is 4.79 Å². The molecule has 1 amide bonds. The van der Waals surface area contributed by atoms with Crippen LogP contribution < -0.4 is 10.1 Å². The molecule has 5 nitrogen and oxygen atoms in total. The van der Waals surface area contributed by atoms with Crippen LogP contribution in [-0.4, -0.2) is 17.6 Å². The van der Waals surface area contributed by atoms with Crippen LogP contribution in [0.25, 0.3) is 6.08 Å². The van der Waals surface area contributed by atoms with E-state index < -0.39 is 5.91 Å². The Kier molecular flexibility index (Phi) is 6.29. The van der Waals surface area contributed by atoms with Crippen molar-refractivity contribution in [3.05, 3.63) is 57.6 Å². The Balaban J connectivity index is 2.28. The molecular weight excluding hydrogens is 363 g/mol. The van der Waals surface area contributed by atoms with E-state index in [9.17, 15) is 15.2 Å². The number of aromatic hydroxyl groups is 1. The number of halogens is 2. The van der Waals surface area contributed by atoms with Gasteiger partial charge in [-0.2, -0.15) is 5.26 Å². The van der Waals surface area contributed by atoms with Gasteiger partial charge in [0.15, 0.2) is 11.5 Å². The molecule has 0 radical (unpaired) electrons. The van der Waals surface area contributed by atoms with E-state index in [1.54, 1.807) is 31.2 Å². The third kappa shape index (κ3) is 4.66. The zero-order chi connectivity index (χ0) is 18.4. The first-order valence-electron chi connectivity index (χ1n) is 7.29. The minimum Gasteiger partial charge on any atom is -0.504 e. The molecule has 2 rings (SSSR count). The number of nitriles is 1. The van der Waals surface area contributed by atoms with Crippen LogP contribution in [0.3, 0.4) is 0 Å². The first-order valence-corrected chi connectivity index (χ1v) is 8.04. The first-order chi connectivity index (χ1) is 12.0. The summed E-state index contributed by atoms with van der Waals surface area (Å²) in [5, 5.41) is 22.0. The molecule has 0 spiro atoms. The number of nitrogens with zero attached hydrogens (tertiary/aromatic N) is 1. The highest BCUT2D eigenvalue weighted by molar-refractivity contribution is 6.44. The second-order valence-electron chi connectivity index (χ2n) is 4.89. The summed E-state index contributed by atoms with van der Waals surface area (Å²) in [4.78, 5) is 12.3. The molecule has 2 aromatic rings. The van der Waals surface area contributed by atoms with Gasteiger partial charge in [0.1, 0.15) is 11.6 Å². The van der Waals surface area contributed by atoms with E-state index in [2.05, 4.69) is 5.32 Å². The Morgan fingerprint density at radius 2 is 2.12 bits per heavy atom. The molecule has 25 heavy (non-hydrogen) atoms. The fourth-order valence-corrected chi connectivity index (χ4v) is 2.34. The third-order valence-corrected chi connectivity index (χ3v) is 3.98. The topological polar surface area (TPSA) is 82.3 Å². The fraction of sp³-hybridized carbons (Fsp3) is 0.111. The lowest BCUT2D eigenvalue weighted by molar-refractivity contribution is -0.112. The molecule has 0 unspecified atom stereocenters. The summed E-state index contributed by atoms with van der Waals surface area (Å²) in [6, 6.07) is 11.2. The molecule has 0 heterocycles. The molecule has 0 saturated carbocycles.